The number of nitriles is 1. The number of nitrogens with one attached hydrogen (secondary N) is 3. The zero-order chi connectivity index (χ0) is 25.2. The maximum absolute atomic E-state index is 13.7. The molecule has 2 heterocycles. The third kappa shape index (κ3) is 5.89. The van der Waals surface area contributed by atoms with E-state index in [0.29, 0.717) is 13.0 Å². The van der Waals surface area contributed by atoms with Gasteiger partial charge in [-0.2, -0.15) is 5.26 Å². The monoisotopic (exact) mass is 475 g/mol. The third-order valence-electron chi connectivity index (χ3n) is 7.66. The first kappa shape index (κ1) is 26.4. The lowest BCUT2D eigenvalue weighted by Gasteiger charge is -2.37. The van der Waals surface area contributed by atoms with Crippen LogP contribution in [0.25, 0.3) is 0 Å². The summed E-state index contributed by atoms with van der Waals surface area (Å²) in [6.07, 6.45) is 3.82. The molecule has 3 rings (SSSR count). The standard InChI is InChI=1S/C25H41N5O4/c1-14-9-10-16(22(32)27-14)11-18(12-26)29-23(33)20-19-8-6-7-17(19)13-30(20)24(34)21(25(3,4)5)28-15(2)31/h14-21,28,31H,6-11,13H2,1-5H3,(H,27,32)(H,29,33)/t14-,15?,16+,17+,18+,19+,20+,21-/m1/s1. The highest BCUT2D eigenvalue weighted by molar-refractivity contribution is 5.91. The van der Waals surface area contributed by atoms with Gasteiger partial charge in [0, 0.05) is 18.5 Å². The highest BCUT2D eigenvalue weighted by atomic mass is 16.3. The first-order valence-electron chi connectivity index (χ1n) is 12.7. The first-order chi connectivity index (χ1) is 15.9. The van der Waals surface area contributed by atoms with E-state index in [4.69, 9.17) is 0 Å². The van der Waals surface area contributed by atoms with Gasteiger partial charge in [0.25, 0.3) is 0 Å². The van der Waals surface area contributed by atoms with Gasteiger partial charge in [-0.05, 0) is 63.2 Å². The SMILES string of the molecule is CC(O)N[C@H](C(=O)N1C[C@@H]2CCC[C@@H]2[C@H]1C(=O)N[C@H](C#N)C[C@@H]1CC[C@@H](C)NC1=O)C(C)(C)C. The second-order valence-electron chi connectivity index (χ2n) is 11.5. The molecule has 0 aromatic rings. The van der Waals surface area contributed by atoms with Crippen molar-refractivity contribution in [2.45, 2.75) is 104 Å². The van der Waals surface area contributed by atoms with Crippen LogP contribution < -0.4 is 16.0 Å². The van der Waals surface area contributed by atoms with Crippen molar-refractivity contribution in [3.8, 4) is 6.07 Å². The van der Waals surface area contributed by atoms with Gasteiger partial charge in [-0.25, -0.2) is 0 Å². The van der Waals surface area contributed by atoms with Crippen molar-refractivity contribution in [1.82, 2.24) is 20.9 Å². The van der Waals surface area contributed by atoms with E-state index in [1.807, 2.05) is 27.7 Å². The van der Waals surface area contributed by atoms with Gasteiger partial charge in [0.1, 0.15) is 18.3 Å². The molecule has 3 fully saturated rings. The molecular weight excluding hydrogens is 434 g/mol. The minimum atomic E-state index is -0.866. The molecule has 3 amide bonds. The Hall–Kier alpha value is -2.18. The fourth-order valence-electron chi connectivity index (χ4n) is 5.89. The van der Waals surface area contributed by atoms with Crippen LogP contribution in [-0.4, -0.2) is 64.7 Å². The van der Waals surface area contributed by atoms with Gasteiger partial charge >= 0.3 is 0 Å². The number of amides is 3. The molecule has 2 aliphatic heterocycles. The van der Waals surface area contributed by atoms with Crippen molar-refractivity contribution < 1.29 is 19.5 Å². The Morgan fingerprint density at radius 3 is 2.56 bits per heavy atom. The number of piperidine rings is 1. The molecule has 1 unspecified atom stereocenters. The molecular formula is C25H41N5O4. The van der Waals surface area contributed by atoms with Gasteiger partial charge in [0.2, 0.25) is 17.7 Å². The largest absolute Gasteiger partial charge is 0.379 e. The van der Waals surface area contributed by atoms with Crippen LogP contribution in [0.15, 0.2) is 0 Å². The molecule has 9 heteroatoms. The summed E-state index contributed by atoms with van der Waals surface area (Å²) in [7, 11) is 0. The number of carbonyl (C=O) groups is 3. The lowest BCUT2D eigenvalue weighted by molar-refractivity contribution is -0.144. The van der Waals surface area contributed by atoms with E-state index in [2.05, 4.69) is 22.0 Å². The van der Waals surface area contributed by atoms with Crippen LogP contribution in [0.5, 0.6) is 0 Å². The zero-order valence-electron chi connectivity index (χ0n) is 21.1. The number of aliphatic hydroxyl groups is 1. The molecule has 0 aromatic heterocycles. The number of hydrogen-bond donors (Lipinski definition) is 4. The highest BCUT2D eigenvalue weighted by Crippen LogP contribution is 2.43. The number of carbonyl (C=O) groups excluding carboxylic acids is 3. The van der Waals surface area contributed by atoms with Crippen LogP contribution in [0, 0.1) is 34.5 Å². The molecule has 1 saturated carbocycles. The number of fused-ring (bicyclic) bond motifs is 1. The van der Waals surface area contributed by atoms with Crippen molar-refractivity contribution in [3.05, 3.63) is 0 Å². The van der Waals surface area contributed by atoms with Crippen LogP contribution in [0.1, 0.15) is 73.1 Å². The minimum absolute atomic E-state index is 0.0642. The summed E-state index contributed by atoms with van der Waals surface area (Å²) in [5.74, 6) is -0.561. The zero-order valence-corrected chi connectivity index (χ0v) is 21.1. The van der Waals surface area contributed by atoms with E-state index in [0.717, 1.165) is 25.7 Å². The second kappa shape index (κ2) is 10.6. The van der Waals surface area contributed by atoms with Crippen molar-refractivity contribution in [3.63, 3.8) is 0 Å². The Balaban J connectivity index is 1.76. The van der Waals surface area contributed by atoms with Crippen LogP contribution >= 0.6 is 0 Å². The number of rotatable bonds is 7. The molecule has 34 heavy (non-hydrogen) atoms. The summed E-state index contributed by atoms with van der Waals surface area (Å²) in [6, 6.07) is 0.196. The Kier molecular flexibility index (Phi) is 8.25. The predicted molar refractivity (Wildman–Crippen MR) is 127 cm³/mol. The molecule has 2 saturated heterocycles. The van der Waals surface area contributed by atoms with Crippen LogP contribution in [-0.2, 0) is 14.4 Å². The van der Waals surface area contributed by atoms with Crippen molar-refractivity contribution in [1.29, 1.82) is 5.26 Å². The van der Waals surface area contributed by atoms with E-state index in [1.165, 1.54) is 0 Å². The van der Waals surface area contributed by atoms with E-state index < -0.39 is 29.8 Å². The van der Waals surface area contributed by atoms with Crippen LogP contribution in [0.4, 0.5) is 0 Å². The molecule has 4 N–H and O–H groups in total. The van der Waals surface area contributed by atoms with Gasteiger partial charge in [-0.15, -0.1) is 0 Å². The number of likely N-dealkylation sites (tertiary alicyclic amines) is 1. The molecule has 0 radical (unpaired) electrons. The van der Waals surface area contributed by atoms with E-state index in [1.54, 1.807) is 11.8 Å². The summed E-state index contributed by atoms with van der Waals surface area (Å²) in [5.41, 5.74) is -0.465. The topological polar surface area (TPSA) is 135 Å². The smallest absolute Gasteiger partial charge is 0.244 e. The number of hydrogen-bond acceptors (Lipinski definition) is 6. The minimum Gasteiger partial charge on any atom is -0.379 e. The van der Waals surface area contributed by atoms with Crippen molar-refractivity contribution >= 4 is 17.7 Å². The van der Waals surface area contributed by atoms with Crippen molar-refractivity contribution in [2.75, 3.05) is 6.54 Å². The molecule has 0 aromatic carbocycles. The first-order valence-corrected chi connectivity index (χ1v) is 12.7. The summed E-state index contributed by atoms with van der Waals surface area (Å²) < 4.78 is 0. The average Bonchev–Trinajstić information content (AvgIpc) is 3.33. The Morgan fingerprint density at radius 2 is 1.97 bits per heavy atom. The van der Waals surface area contributed by atoms with Gasteiger partial charge in [0.15, 0.2) is 0 Å². The van der Waals surface area contributed by atoms with E-state index in [-0.39, 0.29) is 47.9 Å². The van der Waals surface area contributed by atoms with Crippen molar-refractivity contribution in [2.24, 2.45) is 23.2 Å². The summed E-state index contributed by atoms with van der Waals surface area (Å²) >= 11 is 0. The fourth-order valence-corrected chi connectivity index (χ4v) is 5.89. The van der Waals surface area contributed by atoms with Gasteiger partial charge in [-0.3, -0.25) is 19.7 Å². The lowest BCUT2D eigenvalue weighted by atomic mass is 9.85. The fraction of sp³-hybridized carbons (Fsp3) is 0.840. The number of aliphatic hydroxyl groups excluding tert-OH is 1. The Labute approximate surface area is 203 Å². The van der Waals surface area contributed by atoms with E-state index in [9.17, 15) is 24.8 Å². The quantitative estimate of drug-likeness (QED) is 0.410. The van der Waals surface area contributed by atoms with Gasteiger partial charge in [0.05, 0.1) is 12.1 Å². The molecule has 8 atom stereocenters. The molecule has 0 bridgehead atoms. The molecule has 3 aliphatic rings. The summed E-state index contributed by atoms with van der Waals surface area (Å²) in [6.45, 7) is 9.83. The lowest BCUT2D eigenvalue weighted by Crippen LogP contribution is -2.59. The molecule has 190 valence electrons. The normalized spacial score (nSPS) is 31.7. The maximum Gasteiger partial charge on any atom is 0.244 e. The van der Waals surface area contributed by atoms with E-state index >= 15 is 0 Å². The number of nitrogens with zero attached hydrogens (tertiary/aromatic N) is 2. The molecule has 0 spiro atoms. The highest BCUT2D eigenvalue weighted by Gasteiger charge is 2.51. The summed E-state index contributed by atoms with van der Waals surface area (Å²) in [4.78, 5) is 41.2. The average molecular weight is 476 g/mol. The molecule has 9 nitrogen and oxygen atoms in total. The third-order valence-corrected chi connectivity index (χ3v) is 7.66. The summed E-state index contributed by atoms with van der Waals surface area (Å²) in [5, 5.41) is 28.4. The maximum atomic E-state index is 13.7. The Bertz CT molecular complexity index is 817. The van der Waals surface area contributed by atoms with Gasteiger partial charge in [-0.1, -0.05) is 27.2 Å². The Morgan fingerprint density at radius 1 is 1.26 bits per heavy atom. The predicted octanol–water partition coefficient (Wildman–Crippen LogP) is 1.27. The van der Waals surface area contributed by atoms with Crippen LogP contribution in [0.2, 0.25) is 0 Å². The molecule has 1 aliphatic carbocycles. The van der Waals surface area contributed by atoms with Crippen LogP contribution in [0.3, 0.4) is 0 Å². The second-order valence-corrected chi connectivity index (χ2v) is 11.5. The van der Waals surface area contributed by atoms with Gasteiger partial charge < -0.3 is 20.6 Å².